The minimum absolute atomic E-state index is 0.0630. The molecule has 0 amide bonds. The summed E-state index contributed by atoms with van der Waals surface area (Å²) in [7, 11) is 2.09. The number of hydrogen-bond donors (Lipinski definition) is 2. The van der Waals surface area contributed by atoms with Crippen LogP contribution in [0.4, 0.5) is 19.7 Å². The molecule has 0 unspecified atom stereocenters. The molecule has 0 spiro atoms. The Kier molecular flexibility index (Phi) is 6.06. The molecule has 3 aliphatic rings. The van der Waals surface area contributed by atoms with Crippen LogP contribution in [0, 0.1) is 23.0 Å². The van der Waals surface area contributed by atoms with Crippen LogP contribution in [0.5, 0.6) is 0 Å². The number of aliphatic hydroxyl groups excluding tert-OH is 1. The lowest BCUT2D eigenvalue weighted by Crippen LogP contribution is -2.52. The van der Waals surface area contributed by atoms with Crippen LogP contribution in [0.15, 0.2) is 12.4 Å². The number of nitrogens with two attached hydrogens (primary N) is 1. The molecule has 206 valence electrons. The van der Waals surface area contributed by atoms with Gasteiger partial charge in [0.15, 0.2) is 11.6 Å². The van der Waals surface area contributed by atoms with Crippen LogP contribution in [0.3, 0.4) is 0 Å². The zero-order valence-corrected chi connectivity index (χ0v) is 22.5. The first-order valence-electron chi connectivity index (χ1n) is 13.1. The second-order valence-electron chi connectivity index (χ2n) is 10.6. The summed E-state index contributed by atoms with van der Waals surface area (Å²) < 4.78 is 37.1. The van der Waals surface area contributed by atoms with E-state index in [0.29, 0.717) is 30.0 Å². The van der Waals surface area contributed by atoms with Gasteiger partial charge in [-0.25, -0.2) is 18.7 Å². The molecule has 3 aromatic heterocycles. The van der Waals surface area contributed by atoms with Gasteiger partial charge in [0.2, 0.25) is 5.95 Å². The van der Waals surface area contributed by atoms with Gasteiger partial charge in [-0.1, -0.05) is 0 Å². The number of anilines is 2. The third-order valence-corrected chi connectivity index (χ3v) is 9.31. The van der Waals surface area contributed by atoms with Crippen molar-refractivity contribution >= 4 is 43.3 Å². The van der Waals surface area contributed by atoms with Crippen molar-refractivity contribution in [2.45, 2.75) is 25.4 Å². The van der Waals surface area contributed by atoms with Crippen LogP contribution < -0.4 is 10.6 Å². The maximum atomic E-state index is 16.6. The lowest BCUT2D eigenvalue weighted by Gasteiger charge is -2.37. The van der Waals surface area contributed by atoms with E-state index in [1.165, 1.54) is 0 Å². The summed E-state index contributed by atoms with van der Waals surface area (Å²) in [4.78, 5) is 19.9. The number of fused-ring (bicyclic) bond motifs is 4. The van der Waals surface area contributed by atoms with E-state index in [0.717, 1.165) is 49.3 Å². The highest BCUT2D eigenvalue weighted by Gasteiger charge is 2.38. The maximum absolute atomic E-state index is 16.6. The van der Waals surface area contributed by atoms with E-state index in [-0.39, 0.29) is 56.7 Å². The summed E-state index contributed by atoms with van der Waals surface area (Å²) in [5.74, 6) is -0.952. The largest absolute Gasteiger partial charge is 0.390 e. The molecule has 6 heterocycles. The Morgan fingerprint density at radius 1 is 1.12 bits per heavy atom. The SMILES string of the molecule is CN1CCN([C@H]2CN(c3ncc4c5c(c(-c6ncc(F)c7sc(N)c(C#N)c67)c(F)c4n3)COC5)C[C@@H]2O)CC1. The highest BCUT2D eigenvalue weighted by molar-refractivity contribution is 7.23. The van der Waals surface area contributed by atoms with E-state index in [2.05, 4.69) is 31.8 Å². The third-order valence-electron chi connectivity index (χ3n) is 8.28. The highest BCUT2D eigenvalue weighted by Crippen LogP contribution is 2.45. The first-order chi connectivity index (χ1) is 19.4. The number of likely N-dealkylation sites (N-methyl/N-ethyl adjacent to an activating group) is 1. The number of aliphatic hydroxyl groups is 1. The van der Waals surface area contributed by atoms with Gasteiger partial charge in [0.25, 0.3) is 0 Å². The Morgan fingerprint density at radius 2 is 1.90 bits per heavy atom. The summed E-state index contributed by atoms with van der Waals surface area (Å²) in [5.41, 5.74) is 7.74. The molecular weight excluding hydrogens is 538 g/mol. The molecule has 4 aromatic rings. The normalized spacial score (nSPS) is 21.9. The van der Waals surface area contributed by atoms with Gasteiger partial charge >= 0.3 is 0 Å². The van der Waals surface area contributed by atoms with Crippen LogP contribution in [-0.4, -0.2) is 88.3 Å². The zero-order valence-electron chi connectivity index (χ0n) is 21.7. The van der Waals surface area contributed by atoms with Crippen molar-refractivity contribution < 1.29 is 18.6 Å². The molecule has 2 atom stereocenters. The van der Waals surface area contributed by atoms with Gasteiger partial charge in [-0.05, 0) is 18.2 Å². The van der Waals surface area contributed by atoms with Crippen molar-refractivity contribution in [3.8, 4) is 17.3 Å². The number of benzene rings is 1. The highest BCUT2D eigenvalue weighted by atomic mass is 32.1. The quantitative estimate of drug-likeness (QED) is 0.383. The first-order valence-corrected chi connectivity index (χ1v) is 13.9. The van der Waals surface area contributed by atoms with Crippen LogP contribution in [0.1, 0.15) is 16.7 Å². The van der Waals surface area contributed by atoms with E-state index in [1.54, 1.807) is 6.20 Å². The molecule has 1 aromatic carbocycles. The second kappa shape index (κ2) is 9.53. The molecule has 40 heavy (non-hydrogen) atoms. The minimum atomic E-state index is -0.646. The Labute approximate surface area is 232 Å². The monoisotopic (exact) mass is 564 g/mol. The number of nitriles is 1. The van der Waals surface area contributed by atoms with Gasteiger partial charge in [-0.2, -0.15) is 5.26 Å². The molecule has 3 N–H and O–H groups in total. The fourth-order valence-electron chi connectivity index (χ4n) is 6.14. The van der Waals surface area contributed by atoms with Crippen molar-refractivity contribution in [2.24, 2.45) is 0 Å². The lowest BCUT2D eigenvalue weighted by molar-refractivity contribution is 0.0512. The molecule has 0 aliphatic carbocycles. The molecule has 0 radical (unpaired) electrons. The second-order valence-corrected chi connectivity index (χ2v) is 11.6. The summed E-state index contributed by atoms with van der Waals surface area (Å²) >= 11 is 0.937. The molecule has 2 fully saturated rings. The number of rotatable bonds is 3. The number of hydrogen-bond acceptors (Lipinski definition) is 11. The minimum Gasteiger partial charge on any atom is -0.390 e. The number of nitrogen functional groups attached to an aromatic ring is 1. The summed E-state index contributed by atoms with van der Waals surface area (Å²) in [6.45, 7) is 4.83. The smallest absolute Gasteiger partial charge is 0.226 e. The molecule has 0 saturated carbocycles. The van der Waals surface area contributed by atoms with E-state index < -0.39 is 17.7 Å². The molecule has 10 nitrogen and oxygen atoms in total. The maximum Gasteiger partial charge on any atom is 0.226 e. The third kappa shape index (κ3) is 3.82. The average Bonchev–Trinajstić information content (AvgIpc) is 3.67. The predicted molar refractivity (Wildman–Crippen MR) is 147 cm³/mol. The van der Waals surface area contributed by atoms with Crippen molar-refractivity contribution in [2.75, 3.05) is 56.9 Å². The van der Waals surface area contributed by atoms with Crippen LogP contribution in [0.2, 0.25) is 0 Å². The summed E-state index contributed by atoms with van der Waals surface area (Å²) in [5, 5.41) is 21.5. The van der Waals surface area contributed by atoms with E-state index >= 15 is 4.39 Å². The molecule has 7 rings (SSSR count). The molecule has 2 saturated heterocycles. The van der Waals surface area contributed by atoms with Crippen LogP contribution in [0.25, 0.3) is 32.2 Å². The number of nitrogens with zero attached hydrogens (tertiary/aromatic N) is 7. The number of piperazine rings is 1. The van der Waals surface area contributed by atoms with Crippen LogP contribution >= 0.6 is 11.3 Å². The van der Waals surface area contributed by atoms with Gasteiger partial charge in [-0.15, -0.1) is 11.3 Å². The number of β-amino-alcohol motifs (C(OH)–C–C–N with tert-alkyl or cyclic N) is 1. The Bertz CT molecular complexity index is 1720. The number of halogens is 2. The number of thiophene rings is 1. The summed E-state index contributed by atoms with van der Waals surface area (Å²) in [6.07, 6.45) is 2.04. The standard InChI is InChI=1S/C27H26F2N8O2S/c1-35-2-4-36(5-3-35)18-9-37(10-19(18)38)27-33-7-14-15-11-39-12-16(15)20(22(29)23(14)34-27)24-21-13(6-30)26(31)40-25(21)17(28)8-32-24/h7-8,18-19,38H,2-5,9-12,31H2,1H3/t18-,19-/m0/s1. The van der Waals surface area contributed by atoms with E-state index in [1.807, 2.05) is 11.0 Å². The number of ether oxygens (including phenoxy) is 1. The fraction of sp³-hybridized carbons (Fsp3) is 0.407. The van der Waals surface area contributed by atoms with Crippen molar-refractivity contribution in [1.29, 1.82) is 5.26 Å². The predicted octanol–water partition coefficient (Wildman–Crippen LogP) is 2.47. The molecule has 0 bridgehead atoms. The Hall–Kier alpha value is -3.54. The van der Waals surface area contributed by atoms with Crippen molar-refractivity contribution in [1.82, 2.24) is 24.8 Å². The van der Waals surface area contributed by atoms with Crippen molar-refractivity contribution in [3.05, 3.63) is 40.7 Å². The Morgan fingerprint density at radius 3 is 2.67 bits per heavy atom. The van der Waals surface area contributed by atoms with Gasteiger partial charge in [0, 0.05) is 61.8 Å². The van der Waals surface area contributed by atoms with E-state index in [4.69, 9.17) is 10.5 Å². The topological polar surface area (TPSA) is 128 Å². The molecule has 13 heteroatoms. The zero-order chi connectivity index (χ0) is 27.7. The van der Waals surface area contributed by atoms with Crippen LogP contribution in [-0.2, 0) is 18.0 Å². The van der Waals surface area contributed by atoms with E-state index in [9.17, 15) is 14.8 Å². The van der Waals surface area contributed by atoms with Gasteiger partial charge in [0.05, 0.1) is 47.5 Å². The van der Waals surface area contributed by atoms with Gasteiger partial charge < -0.3 is 25.4 Å². The lowest BCUT2D eigenvalue weighted by atomic mass is 9.94. The first kappa shape index (κ1) is 25.4. The fourth-order valence-corrected chi connectivity index (χ4v) is 7.06. The molecule has 3 aliphatic heterocycles. The molecular formula is C27H26F2N8O2S. The summed E-state index contributed by atoms with van der Waals surface area (Å²) in [6, 6.07) is 1.96. The number of pyridine rings is 1. The van der Waals surface area contributed by atoms with Gasteiger partial charge in [0.1, 0.15) is 16.6 Å². The number of aromatic nitrogens is 3. The Balaban J connectivity index is 1.35. The van der Waals surface area contributed by atoms with Gasteiger partial charge in [-0.3, -0.25) is 9.88 Å². The van der Waals surface area contributed by atoms with Crippen molar-refractivity contribution in [3.63, 3.8) is 0 Å². The average molecular weight is 565 g/mol.